The normalized spacial score (nSPS) is 18.4. The van der Waals surface area contributed by atoms with Gasteiger partial charge < -0.3 is 9.47 Å². The molecule has 3 aromatic rings. The van der Waals surface area contributed by atoms with Crippen LogP contribution in [0.25, 0.3) is 27.9 Å². The highest BCUT2D eigenvalue weighted by Gasteiger charge is 2.30. The Morgan fingerprint density at radius 2 is 1.97 bits per heavy atom. The number of carbonyl (C=O) groups is 1. The topological polar surface area (TPSA) is 63.9 Å². The smallest absolute Gasteiger partial charge is 0.226 e. The largest absolute Gasteiger partial charge is 0.342 e. The maximum atomic E-state index is 13.0. The van der Waals surface area contributed by atoms with Gasteiger partial charge in [-0.3, -0.25) is 4.79 Å². The first-order chi connectivity index (χ1) is 16.0. The second kappa shape index (κ2) is 8.47. The maximum absolute atomic E-state index is 13.0. The molecular formula is C27H29N5O. The number of allylic oxidation sites excluding steroid dienone is 2. The molecule has 4 heterocycles. The van der Waals surface area contributed by atoms with E-state index in [2.05, 4.69) is 38.4 Å². The number of amides is 1. The van der Waals surface area contributed by atoms with Crippen LogP contribution in [0.5, 0.6) is 0 Å². The van der Waals surface area contributed by atoms with Crippen molar-refractivity contribution in [1.29, 1.82) is 0 Å². The van der Waals surface area contributed by atoms with Crippen molar-refractivity contribution in [2.75, 3.05) is 13.1 Å². The highest BCUT2D eigenvalue weighted by Crippen LogP contribution is 2.43. The van der Waals surface area contributed by atoms with Gasteiger partial charge in [0.15, 0.2) is 0 Å². The van der Waals surface area contributed by atoms with Crippen LogP contribution in [-0.4, -0.2) is 43.4 Å². The van der Waals surface area contributed by atoms with Gasteiger partial charge in [-0.05, 0) is 63.2 Å². The number of hydrogen-bond donors (Lipinski definition) is 0. The van der Waals surface area contributed by atoms with Gasteiger partial charge in [0.1, 0.15) is 17.7 Å². The van der Waals surface area contributed by atoms with Crippen molar-refractivity contribution in [3.05, 3.63) is 47.2 Å². The summed E-state index contributed by atoms with van der Waals surface area (Å²) in [6.45, 7) is 5.93. The summed E-state index contributed by atoms with van der Waals surface area (Å²) in [6.07, 6.45) is 16.1. The van der Waals surface area contributed by atoms with E-state index in [1.165, 1.54) is 5.57 Å². The monoisotopic (exact) mass is 439 g/mol. The van der Waals surface area contributed by atoms with Crippen molar-refractivity contribution in [2.24, 2.45) is 13.0 Å². The van der Waals surface area contributed by atoms with E-state index in [1.807, 2.05) is 31.1 Å². The molecule has 1 atom stereocenters. The zero-order valence-corrected chi connectivity index (χ0v) is 19.6. The third kappa shape index (κ3) is 3.62. The highest BCUT2D eigenvalue weighted by molar-refractivity contribution is 6.01. The molecule has 168 valence electrons. The number of likely N-dealkylation sites (tertiary alicyclic amines) is 1. The van der Waals surface area contributed by atoms with Crippen molar-refractivity contribution in [1.82, 2.24) is 24.4 Å². The summed E-state index contributed by atoms with van der Waals surface area (Å²) in [5.74, 6) is 3.03. The molecule has 33 heavy (non-hydrogen) atoms. The third-order valence-electron chi connectivity index (χ3n) is 7.17. The summed E-state index contributed by atoms with van der Waals surface area (Å²) in [5, 5.41) is 1.07. The molecule has 0 unspecified atom stereocenters. The number of carbonyl (C=O) groups excluding carboxylic acids is 1. The predicted molar refractivity (Wildman–Crippen MR) is 130 cm³/mol. The van der Waals surface area contributed by atoms with Crippen LogP contribution >= 0.6 is 0 Å². The summed E-state index contributed by atoms with van der Waals surface area (Å²) in [7, 11) is 2.05. The van der Waals surface area contributed by atoms with Crippen molar-refractivity contribution in [2.45, 2.75) is 46.0 Å². The highest BCUT2D eigenvalue weighted by atomic mass is 16.2. The van der Waals surface area contributed by atoms with Gasteiger partial charge >= 0.3 is 0 Å². The summed E-state index contributed by atoms with van der Waals surface area (Å²) in [6, 6.07) is 1.95. The van der Waals surface area contributed by atoms with Gasteiger partial charge in [-0.1, -0.05) is 12.0 Å². The van der Waals surface area contributed by atoms with Crippen molar-refractivity contribution in [3.63, 3.8) is 0 Å². The minimum atomic E-state index is 0.0842. The summed E-state index contributed by atoms with van der Waals surface area (Å²) in [5.41, 5.74) is 8.12. The Hall–Kier alpha value is -3.46. The lowest BCUT2D eigenvalue weighted by Crippen LogP contribution is -2.34. The first kappa shape index (κ1) is 21.4. The molecule has 1 aliphatic carbocycles. The van der Waals surface area contributed by atoms with Crippen LogP contribution in [0.4, 0.5) is 0 Å². The average Bonchev–Trinajstić information content (AvgIpc) is 3.47. The van der Waals surface area contributed by atoms with E-state index in [0.29, 0.717) is 11.6 Å². The molecule has 1 aliphatic heterocycles. The SMILES string of the molecule is C#Cc1cc(C)c(-c2c(C3=CC[C@@H](C(=O)N4CCCC4)CC3)c3c(C)ncnc3n2C)cn1. The molecule has 2 aliphatic rings. The number of rotatable bonds is 3. The van der Waals surface area contributed by atoms with Gasteiger partial charge in [-0.25, -0.2) is 15.0 Å². The minimum Gasteiger partial charge on any atom is -0.342 e. The van der Waals surface area contributed by atoms with Gasteiger partial charge in [0.2, 0.25) is 5.91 Å². The number of fused-ring (bicyclic) bond motifs is 1. The average molecular weight is 440 g/mol. The molecular weight excluding hydrogens is 410 g/mol. The van der Waals surface area contributed by atoms with E-state index in [1.54, 1.807) is 6.33 Å². The molecule has 0 spiro atoms. The number of nitrogens with zero attached hydrogens (tertiary/aromatic N) is 5. The van der Waals surface area contributed by atoms with Gasteiger partial charge in [-0.2, -0.15) is 0 Å². The Bertz CT molecular complexity index is 1320. The lowest BCUT2D eigenvalue weighted by Gasteiger charge is -2.26. The Kier molecular flexibility index (Phi) is 5.49. The van der Waals surface area contributed by atoms with E-state index in [-0.39, 0.29) is 5.92 Å². The Labute approximate surface area is 194 Å². The maximum Gasteiger partial charge on any atom is 0.226 e. The fourth-order valence-electron chi connectivity index (χ4n) is 5.39. The van der Waals surface area contributed by atoms with E-state index >= 15 is 0 Å². The Morgan fingerprint density at radius 3 is 2.64 bits per heavy atom. The molecule has 1 amide bonds. The third-order valence-corrected chi connectivity index (χ3v) is 7.17. The van der Waals surface area contributed by atoms with Crippen LogP contribution in [-0.2, 0) is 11.8 Å². The number of hydrogen-bond acceptors (Lipinski definition) is 4. The molecule has 1 fully saturated rings. The van der Waals surface area contributed by atoms with Crippen molar-refractivity contribution in [3.8, 4) is 23.6 Å². The van der Waals surface area contributed by atoms with Crippen LogP contribution in [0.3, 0.4) is 0 Å². The number of aromatic nitrogens is 4. The molecule has 0 N–H and O–H groups in total. The van der Waals surface area contributed by atoms with Gasteiger partial charge in [0.05, 0.1) is 11.4 Å². The predicted octanol–water partition coefficient (Wildman–Crippen LogP) is 4.43. The standard InChI is InChI=1S/C27H29N5O/c1-5-21-14-17(2)22(15-28-21)25-24(23-18(3)29-16-30-26(23)31(25)4)19-8-10-20(11-9-19)27(33)32-12-6-7-13-32/h1,8,14-16,20H,6-7,9-13H2,2-4H3/t20-/m1/s1. The van der Waals surface area contributed by atoms with Gasteiger partial charge in [0.25, 0.3) is 0 Å². The zero-order chi connectivity index (χ0) is 23.1. The molecule has 0 saturated carbocycles. The van der Waals surface area contributed by atoms with Gasteiger partial charge in [0, 0.05) is 48.8 Å². The van der Waals surface area contributed by atoms with E-state index in [9.17, 15) is 4.79 Å². The van der Waals surface area contributed by atoms with Crippen molar-refractivity contribution >= 4 is 22.5 Å². The lowest BCUT2D eigenvalue weighted by molar-refractivity contribution is -0.134. The zero-order valence-electron chi connectivity index (χ0n) is 19.6. The van der Waals surface area contributed by atoms with Gasteiger partial charge in [-0.15, -0.1) is 6.42 Å². The number of terminal acetylenes is 1. The first-order valence-corrected chi connectivity index (χ1v) is 11.7. The fraction of sp³-hybridized carbons (Fsp3) is 0.407. The molecule has 0 aromatic carbocycles. The molecule has 0 bridgehead atoms. The van der Waals surface area contributed by atoms with Crippen LogP contribution in [0, 0.1) is 32.1 Å². The lowest BCUT2D eigenvalue weighted by atomic mass is 9.84. The Morgan fingerprint density at radius 1 is 1.18 bits per heavy atom. The number of aryl methyl sites for hydroxylation is 3. The summed E-state index contributed by atoms with van der Waals surface area (Å²) < 4.78 is 2.14. The first-order valence-electron chi connectivity index (χ1n) is 11.7. The van der Waals surface area contributed by atoms with Crippen LogP contribution in [0.15, 0.2) is 24.7 Å². The molecule has 5 rings (SSSR count). The second-order valence-electron chi connectivity index (χ2n) is 9.20. The van der Waals surface area contributed by atoms with Crippen LogP contribution in [0.1, 0.15) is 54.6 Å². The molecule has 3 aromatic heterocycles. The molecule has 6 nitrogen and oxygen atoms in total. The number of pyridine rings is 1. The summed E-state index contributed by atoms with van der Waals surface area (Å²) >= 11 is 0. The van der Waals surface area contributed by atoms with Crippen LogP contribution in [0.2, 0.25) is 0 Å². The Balaban J connectivity index is 1.62. The molecule has 1 saturated heterocycles. The second-order valence-corrected chi connectivity index (χ2v) is 9.20. The fourth-order valence-corrected chi connectivity index (χ4v) is 5.39. The van der Waals surface area contributed by atoms with E-state index < -0.39 is 0 Å². The van der Waals surface area contributed by atoms with Crippen LogP contribution < -0.4 is 0 Å². The van der Waals surface area contributed by atoms with E-state index in [0.717, 1.165) is 84.3 Å². The molecule has 0 radical (unpaired) electrons. The quantitative estimate of drug-likeness (QED) is 0.566. The van der Waals surface area contributed by atoms with E-state index in [4.69, 9.17) is 6.42 Å². The summed E-state index contributed by atoms with van der Waals surface area (Å²) in [4.78, 5) is 28.6. The molecule has 6 heteroatoms. The van der Waals surface area contributed by atoms with Crippen molar-refractivity contribution < 1.29 is 4.79 Å². The minimum absolute atomic E-state index is 0.0842.